The summed E-state index contributed by atoms with van der Waals surface area (Å²) in [5, 5.41) is 18.2. The Bertz CT molecular complexity index is 480. The Morgan fingerprint density at radius 3 is 2.71 bits per heavy atom. The van der Waals surface area contributed by atoms with Crippen molar-refractivity contribution < 1.29 is 5.11 Å². The molecule has 1 aromatic heterocycles. The van der Waals surface area contributed by atoms with Gasteiger partial charge in [-0.25, -0.2) is 0 Å². The number of aliphatic hydroxyl groups excluding tert-OH is 1. The number of aryl methyl sites for hydroxylation is 2. The lowest BCUT2D eigenvalue weighted by atomic mass is 9.64. The number of hydrogen-bond acceptors (Lipinski definition) is 3. The van der Waals surface area contributed by atoms with Gasteiger partial charge in [0.25, 0.3) is 0 Å². The van der Waals surface area contributed by atoms with Crippen LogP contribution in [0, 0.1) is 11.3 Å². The van der Waals surface area contributed by atoms with E-state index in [4.69, 9.17) is 0 Å². The predicted molar refractivity (Wildman–Crippen MR) is 86.0 cm³/mol. The van der Waals surface area contributed by atoms with Crippen LogP contribution in [-0.2, 0) is 20.0 Å². The second-order valence-corrected chi connectivity index (χ2v) is 7.77. The first-order chi connectivity index (χ1) is 9.79. The van der Waals surface area contributed by atoms with Gasteiger partial charge in [-0.2, -0.15) is 5.10 Å². The van der Waals surface area contributed by atoms with Gasteiger partial charge < -0.3 is 10.4 Å². The Balaban J connectivity index is 2.11. The Morgan fingerprint density at radius 2 is 2.14 bits per heavy atom. The van der Waals surface area contributed by atoms with Crippen molar-refractivity contribution in [1.82, 2.24) is 15.1 Å². The molecule has 1 aliphatic carbocycles. The molecule has 0 aliphatic heterocycles. The van der Waals surface area contributed by atoms with Crippen molar-refractivity contribution in [3.8, 4) is 0 Å². The number of hydrogen-bond donors (Lipinski definition) is 2. The average Bonchev–Trinajstić information content (AvgIpc) is 2.74. The molecule has 4 heteroatoms. The Labute approximate surface area is 128 Å². The van der Waals surface area contributed by atoms with E-state index in [1.165, 1.54) is 12.0 Å². The molecular weight excluding hydrogens is 262 g/mol. The summed E-state index contributed by atoms with van der Waals surface area (Å²) in [5.41, 5.74) is 2.54. The van der Waals surface area contributed by atoms with Gasteiger partial charge in [0, 0.05) is 30.9 Å². The minimum atomic E-state index is -0.151. The third-order valence-electron chi connectivity index (χ3n) is 4.74. The molecule has 2 rings (SSSR count). The average molecular weight is 293 g/mol. The van der Waals surface area contributed by atoms with E-state index in [9.17, 15) is 5.11 Å². The number of nitrogens with one attached hydrogen (secondary N) is 1. The first kappa shape index (κ1) is 16.5. The van der Waals surface area contributed by atoms with Crippen LogP contribution in [0.4, 0.5) is 0 Å². The zero-order valence-corrected chi connectivity index (χ0v) is 14.2. The second-order valence-electron chi connectivity index (χ2n) is 7.77. The van der Waals surface area contributed by atoms with Crippen molar-refractivity contribution in [2.24, 2.45) is 18.4 Å². The standard InChI is InChI=1S/C17H31N3O/c1-6-15-14(10-20(5)19-15)9-18-17(12-21)8-13(2)7-16(3,4)11-17/h10,13,18,21H,6-9,11-12H2,1-5H3. The lowest BCUT2D eigenvalue weighted by molar-refractivity contribution is 0.0352. The molecule has 0 saturated heterocycles. The lowest BCUT2D eigenvalue weighted by Gasteiger charge is -2.47. The molecule has 2 N–H and O–H groups in total. The van der Waals surface area contributed by atoms with E-state index in [1.807, 2.05) is 11.7 Å². The van der Waals surface area contributed by atoms with E-state index in [-0.39, 0.29) is 17.6 Å². The van der Waals surface area contributed by atoms with Crippen LogP contribution in [-0.4, -0.2) is 27.0 Å². The molecule has 0 bridgehead atoms. The molecule has 1 aliphatic rings. The van der Waals surface area contributed by atoms with Gasteiger partial charge in [0.15, 0.2) is 0 Å². The van der Waals surface area contributed by atoms with Crippen LogP contribution in [0.5, 0.6) is 0 Å². The van der Waals surface area contributed by atoms with Gasteiger partial charge >= 0.3 is 0 Å². The number of aliphatic hydroxyl groups is 1. The molecule has 1 saturated carbocycles. The fourth-order valence-corrected chi connectivity index (χ4v) is 4.37. The largest absolute Gasteiger partial charge is 0.394 e. The number of nitrogens with zero attached hydrogens (tertiary/aromatic N) is 2. The van der Waals surface area contributed by atoms with Crippen LogP contribution < -0.4 is 5.32 Å². The van der Waals surface area contributed by atoms with Crippen LogP contribution in [0.3, 0.4) is 0 Å². The van der Waals surface area contributed by atoms with Crippen LogP contribution in [0.2, 0.25) is 0 Å². The van der Waals surface area contributed by atoms with Crippen molar-refractivity contribution in [1.29, 1.82) is 0 Å². The van der Waals surface area contributed by atoms with E-state index in [1.54, 1.807) is 0 Å². The second kappa shape index (κ2) is 6.09. The quantitative estimate of drug-likeness (QED) is 0.877. The van der Waals surface area contributed by atoms with Crippen molar-refractivity contribution in [3.63, 3.8) is 0 Å². The summed E-state index contributed by atoms with van der Waals surface area (Å²) in [5.74, 6) is 0.646. The van der Waals surface area contributed by atoms with Crippen molar-refractivity contribution in [3.05, 3.63) is 17.5 Å². The maximum atomic E-state index is 10.0. The monoisotopic (exact) mass is 293 g/mol. The summed E-state index contributed by atoms with van der Waals surface area (Å²) in [7, 11) is 1.97. The van der Waals surface area contributed by atoms with Crippen LogP contribution in [0.15, 0.2) is 6.20 Å². The fourth-order valence-electron chi connectivity index (χ4n) is 4.37. The first-order valence-corrected chi connectivity index (χ1v) is 8.16. The summed E-state index contributed by atoms with van der Waals surface area (Å²) < 4.78 is 1.88. The molecule has 120 valence electrons. The normalized spacial score (nSPS) is 28.8. The van der Waals surface area contributed by atoms with Crippen LogP contribution in [0.1, 0.15) is 58.2 Å². The molecule has 4 nitrogen and oxygen atoms in total. The van der Waals surface area contributed by atoms with Gasteiger partial charge in [0.1, 0.15) is 0 Å². The van der Waals surface area contributed by atoms with Crippen LogP contribution in [0.25, 0.3) is 0 Å². The van der Waals surface area contributed by atoms with Gasteiger partial charge in [0.2, 0.25) is 0 Å². The summed E-state index contributed by atoms with van der Waals surface area (Å²) in [6, 6.07) is 0. The van der Waals surface area contributed by atoms with Crippen LogP contribution >= 0.6 is 0 Å². The minimum Gasteiger partial charge on any atom is -0.394 e. The van der Waals surface area contributed by atoms with Gasteiger partial charge in [-0.15, -0.1) is 0 Å². The van der Waals surface area contributed by atoms with Gasteiger partial charge in [-0.05, 0) is 37.0 Å². The molecule has 0 radical (unpaired) electrons. The first-order valence-electron chi connectivity index (χ1n) is 8.16. The van der Waals surface area contributed by atoms with E-state index >= 15 is 0 Å². The summed E-state index contributed by atoms with van der Waals surface area (Å²) in [6.07, 6.45) is 6.36. The van der Waals surface area contributed by atoms with Crippen molar-refractivity contribution in [2.75, 3.05) is 6.61 Å². The maximum Gasteiger partial charge on any atom is 0.0666 e. The van der Waals surface area contributed by atoms with E-state index in [2.05, 4.69) is 44.3 Å². The zero-order valence-electron chi connectivity index (χ0n) is 14.2. The number of rotatable bonds is 5. The molecule has 0 amide bonds. The number of aromatic nitrogens is 2. The van der Waals surface area contributed by atoms with Gasteiger partial charge in [0.05, 0.1) is 12.3 Å². The topological polar surface area (TPSA) is 50.1 Å². The van der Waals surface area contributed by atoms with E-state index in [0.29, 0.717) is 5.92 Å². The highest BCUT2D eigenvalue weighted by Gasteiger charge is 2.42. The van der Waals surface area contributed by atoms with Gasteiger partial charge in [-0.3, -0.25) is 4.68 Å². The molecule has 0 aromatic carbocycles. The molecule has 0 spiro atoms. The zero-order chi connectivity index (χ0) is 15.7. The van der Waals surface area contributed by atoms with Crippen molar-refractivity contribution >= 4 is 0 Å². The maximum absolute atomic E-state index is 10.0. The molecule has 1 heterocycles. The molecule has 21 heavy (non-hydrogen) atoms. The smallest absolute Gasteiger partial charge is 0.0666 e. The Kier molecular flexibility index (Phi) is 4.79. The van der Waals surface area contributed by atoms with E-state index in [0.717, 1.165) is 31.5 Å². The Hall–Kier alpha value is -0.870. The summed E-state index contributed by atoms with van der Waals surface area (Å²) >= 11 is 0. The third kappa shape index (κ3) is 3.86. The molecule has 1 aromatic rings. The summed E-state index contributed by atoms with van der Waals surface area (Å²) in [6.45, 7) is 10.1. The summed E-state index contributed by atoms with van der Waals surface area (Å²) in [4.78, 5) is 0. The van der Waals surface area contributed by atoms with Gasteiger partial charge in [-0.1, -0.05) is 27.7 Å². The Morgan fingerprint density at radius 1 is 1.43 bits per heavy atom. The molecule has 1 fully saturated rings. The molecule has 2 atom stereocenters. The SMILES string of the molecule is CCc1nn(C)cc1CNC1(CO)CC(C)CC(C)(C)C1. The lowest BCUT2D eigenvalue weighted by Crippen LogP contribution is -2.54. The highest BCUT2D eigenvalue weighted by molar-refractivity contribution is 5.17. The fraction of sp³-hybridized carbons (Fsp3) is 0.824. The molecular formula is C17H31N3O. The predicted octanol–water partition coefficient (Wildman–Crippen LogP) is 2.65. The van der Waals surface area contributed by atoms with E-state index < -0.39 is 0 Å². The molecule has 2 unspecified atom stereocenters. The highest BCUT2D eigenvalue weighted by atomic mass is 16.3. The third-order valence-corrected chi connectivity index (χ3v) is 4.74. The highest BCUT2D eigenvalue weighted by Crippen LogP contribution is 2.43. The van der Waals surface area contributed by atoms with Crippen molar-refractivity contribution in [2.45, 2.75) is 65.5 Å². The minimum absolute atomic E-state index is 0.151.